The van der Waals surface area contributed by atoms with Gasteiger partial charge in [-0.15, -0.1) is 0 Å². The summed E-state index contributed by atoms with van der Waals surface area (Å²) in [6.07, 6.45) is 0.599. The second kappa shape index (κ2) is 13.4. The van der Waals surface area contributed by atoms with Crippen LogP contribution in [-0.2, 0) is 39.9 Å². The fourth-order valence-corrected chi connectivity index (χ4v) is 4.91. The van der Waals surface area contributed by atoms with E-state index in [1.165, 1.54) is 25.1 Å². The molecule has 0 spiro atoms. The molecule has 1 aliphatic heterocycles. The lowest BCUT2D eigenvalue weighted by atomic mass is 9.87. The maximum atomic E-state index is 14.6. The average molecular weight is 564 g/mol. The second-order valence-corrected chi connectivity index (χ2v) is 10.5. The number of ether oxygens (including phenoxy) is 2. The number of hydrogen-bond acceptors (Lipinski definition) is 7. The van der Waals surface area contributed by atoms with E-state index < -0.39 is 53.2 Å². The van der Waals surface area contributed by atoms with Gasteiger partial charge in [0.1, 0.15) is 12.6 Å². The maximum absolute atomic E-state index is 14.6. The van der Waals surface area contributed by atoms with Crippen molar-refractivity contribution in [3.05, 3.63) is 78.0 Å². The summed E-state index contributed by atoms with van der Waals surface area (Å²) in [6, 6.07) is 16.3. The quantitative estimate of drug-likeness (QED) is 0.330. The van der Waals surface area contributed by atoms with Crippen LogP contribution in [0.25, 0.3) is 5.70 Å². The van der Waals surface area contributed by atoms with E-state index in [2.05, 4.69) is 5.32 Å². The van der Waals surface area contributed by atoms with E-state index in [-0.39, 0.29) is 18.7 Å². The first-order chi connectivity index (χ1) is 19.4. The van der Waals surface area contributed by atoms with Crippen molar-refractivity contribution in [2.45, 2.75) is 58.8 Å². The smallest absolute Gasteiger partial charge is 0.379 e. The van der Waals surface area contributed by atoms with Gasteiger partial charge >= 0.3 is 5.97 Å². The van der Waals surface area contributed by atoms with Gasteiger partial charge in [-0.1, -0.05) is 74.5 Å². The third kappa shape index (κ3) is 6.89. The third-order valence-corrected chi connectivity index (χ3v) is 6.50. The Labute approximate surface area is 240 Å². The molecule has 10 heteroatoms. The molecule has 0 radical (unpaired) electrons. The van der Waals surface area contributed by atoms with Crippen LogP contribution in [0.1, 0.15) is 45.7 Å². The summed E-state index contributed by atoms with van der Waals surface area (Å²) in [4.78, 5) is 70.6. The first kappa shape index (κ1) is 31.2. The minimum absolute atomic E-state index is 0.146. The van der Waals surface area contributed by atoms with Gasteiger partial charge in [-0.05, 0) is 30.9 Å². The third-order valence-electron chi connectivity index (χ3n) is 6.50. The summed E-state index contributed by atoms with van der Waals surface area (Å²) in [7, 11) is 1.38. The lowest BCUT2D eigenvalue weighted by Crippen LogP contribution is -2.72. The number of carbonyl (C=O) groups is 5. The molecule has 2 aromatic carbocycles. The summed E-state index contributed by atoms with van der Waals surface area (Å²) in [5.41, 5.74) is -1.02. The molecule has 0 bridgehead atoms. The van der Waals surface area contributed by atoms with Crippen molar-refractivity contribution in [3.63, 3.8) is 0 Å². The molecule has 0 saturated heterocycles. The zero-order chi connectivity index (χ0) is 30.3. The molecule has 0 aromatic heterocycles. The molecule has 2 atom stereocenters. The van der Waals surface area contributed by atoms with Crippen LogP contribution in [0.3, 0.4) is 0 Å². The van der Waals surface area contributed by atoms with Crippen molar-refractivity contribution in [2.75, 3.05) is 13.7 Å². The number of rotatable bonds is 11. The fourth-order valence-electron chi connectivity index (χ4n) is 4.91. The monoisotopic (exact) mass is 563 g/mol. The standard InChI is InChI=1S/C31H37N3O7/c1-20(2)27-29(38)34(25(24-15-11-8-12-16-24)18-33(27)26(36)19-40-6)31(32-22(5)35,17-23-13-9-7-10-14-23)28(37)30(39)41-21(3)4/h7-16,18,20-21,27H,17,19H2,1-6H3,(H,32,35)/t27-,31+/m1/s1. The Hall–Kier alpha value is -4.31. The predicted octanol–water partition coefficient (Wildman–Crippen LogP) is 2.92. The van der Waals surface area contributed by atoms with Crippen LogP contribution in [0, 0.1) is 5.92 Å². The number of ketones is 1. The highest BCUT2D eigenvalue weighted by Gasteiger charge is 2.56. The van der Waals surface area contributed by atoms with Crippen LogP contribution in [0.5, 0.6) is 0 Å². The fraction of sp³-hybridized carbons (Fsp3) is 0.387. The van der Waals surface area contributed by atoms with Gasteiger partial charge in [-0.3, -0.25) is 24.1 Å². The van der Waals surface area contributed by atoms with E-state index in [4.69, 9.17) is 9.47 Å². The minimum Gasteiger partial charge on any atom is -0.457 e. The van der Waals surface area contributed by atoms with Crippen LogP contribution >= 0.6 is 0 Å². The normalized spacial score (nSPS) is 16.7. The summed E-state index contributed by atoms with van der Waals surface area (Å²) in [6.45, 7) is 7.64. The Kier molecular flexibility index (Phi) is 10.2. The molecule has 3 amide bonds. The Morgan fingerprint density at radius 3 is 2.05 bits per heavy atom. The Morgan fingerprint density at radius 1 is 0.951 bits per heavy atom. The van der Waals surface area contributed by atoms with Crippen LogP contribution in [0.15, 0.2) is 66.9 Å². The summed E-state index contributed by atoms with van der Waals surface area (Å²) in [5.74, 6) is -4.51. The van der Waals surface area contributed by atoms with E-state index in [0.717, 1.165) is 4.90 Å². The molecule has 1 N–H and O–H groups in total. The molecule has 1 heterocycles. The van der Waals surface area contributed by atoms with Crippen molar-refractivity contribution < 1.29 is 33.4 Å². The SMILES string of the molecule is COCC(=O)N1C=C(c2ccccc2)N([C@](Cc2ccccc2)(NC(C)=O)C(=O)C(=O)OC(C)C)C(=O)[C@H]1C(C)C. The van der Waals surface area contributed by atoms with Gasteiger partial charge in [-0.25, -0.2) is 4.79 Å². The maximum Gasteiger partial charge on any atom is 0.379 e. The number of Topliss-reactive ketones (excluding diaryl/α,β-unsaturated/α-hetero) is 1. The molecule has 3 rings (SSSR count). The Bertz CT molecular complexity index is 1310. The Morgan fingerprint density at radius 2 is 1.54 bits per heavy atom. The second-order valence-electron chi connectivity index (χ2n) is 10.5. The van der Waals surface area contributed by atoms with Crippen molar-refractivity contribution in [2.24, 2.45) is 5.92 Å². The first-order valence-electron chi connectivity index (χ1n) is 13.4. The molecular weight excluding hydrogens is 526 g/mol. The molecule has 218 valence electrons. The van der Waals surface area contributed by atoms with E-state index in [1.807, 2.05) is 0 Å². The molecule has 0 saturated carbocycles. The van der Waals surface area contributed by atoms with Crippen molar-refractivity contribution in [1.29, 1.82) is 0 Å². The van der Waals surface area contributed by atoms with Gasteiger partial charge in [0.2, 0.25) is 5.91 Å². The molecule has 0 unspecified atom stereocenters. The highest BCUT2D eigenvalue weighted by molar-refractivity contribution is 6.38. The molecule has 10 nitrogen and oxygen atoms in total. The number of hydrogen-bond donors (Lipinski definition) is 1. The highest BCUT2D eigenvalue weighted by atomic mass is 16.5. The molecule has 2 aromatic rings. The van der Waals surface area contributed by atoms with E-state index >= 15 is 0 Å². The molecule has 0 fully saturated rings. The van der Waals surface area contributed by atoms with Crippen molar-refractivity contribution >= 4 is 35.2 Å². The predicted molar refractivity (Wildman–Crippen MR) is 152 cm³/mol. The zero-order valence-electron chi connectivity index (χ0n) is 24.2. The van der Waals surface area contributed by atoms with E-state index in [0.29, 0.717) is 11.1 Å². The minimum atomic E-state index is -2.22. The summed E-state index contributed by atoms with van der Waals surface area (Å²) >= 11 is 0. The first-order valence-corrected chi connectivity index (χ1v) is 13.4. The number of nitrogens with one attached hydrogen (secondary N) is 1. The number of esters is 1. The number of nitrogens with zero attached hydrogens (tertiary/aromatic N) is 2. The molecular formula is C31H37N3O7. The molecule has 1 aliphatic rings. The van der Waals surface area contributed by atoms with Gasteiger partial charge in [0.05, 0.1) is 11.8 Å². The van der Waals surface area contributed by atoms with Gasteiger partial charge < -0.3 is 19.7 Å². The van der Waals surface area contributed by atoms with Gasteiger partial charge in [0.25, 0.3) is 17.6 Å². The van der Waals surface area contributed by atoms with Gasteiger partial charge in [0.15, 0.2) is 5.66 Å². The zero-order valence-corrected chi connectivity index (χ0v) is 24.2. The lowest BCUT2D eigenvalue weighted by Gasteiger charge is -2.49. The largest absolute Gasteiger partial charge is 0.457 e. The van der Waals surface area contributed by atoms with E-state index in [9.17, 15) is 24.0 Å². The summed E-state index contributed by atoms with van der Waals surface area (Å²) in [5, 5.41) is 2.67. The molecule has 0 aliphatic carbocycles. The summed E-state index contributed by atoms with van der Waals surface area (Å²) < 4.78 is 10.4. The average Bonchev–Trinajstić information content (AvgIpc) is 2.92. The Balaban J connectivity index is 2.41. The topological polar surface area (TPSA) is 122 Å². The van der Waals surface area contributed by atoms with Crippen LogP contribution in [-0.4, -0.2) is 70.8 Å². The number of carbonyl (C=O) groups excluding carboxylic acids is 5. The van der Waals surface area contributed by atoms with Crippen LogP contribution in [0.4, 0.5) is 0 Å². The van der Waals surface area contributed by atoms with Crippen molar-refractivity contribution in [3.8, 4) is 0 Å². The number of amides is 3. The van der Waals surface area contributed by atoms with Gasteiger partial charge in [0, 0.05) is 26.7 Å². The van der Waals surface area contributed by atoms with Crippen molar-refractivity contribution in [1.82, 2.24) is 15.1 Å². The van der Waals surface area contributed by atoms with Crippen LogP contribution < -0.4 is 5.32 Å². The highest BCUT2D eigenvalue weighted by Crippen LogP contribution is 2.37. The van der Waals surface area contributed by atoms with Crippen LogP contribution in [0.2, 0.25) is 0 Å². The lowest BCUT2D eigenvalue weighted by molar-refractivity contribution is -0.166. The van der Waals surface area contributed by atoms with E-state index in [1.54, 1.807) is 88.4 Å². The molecule has 41 heavy (non-hydrogen) atoms. The number of benzene rings is 2. The van der Waals surface area contributed by atoms with Gasteiger partial charge in [-0.2, -0.15) is 0 Å². The number of methoxy groups -OCH3 is 1.